The van der Waals surface area contributed by atoms with Crippen LogP contribution in [0, 0.1) is 0 Å². The summed E-state index contributed by atoms with van der Waals surface area (Å²) in [6, 6.07) is 12.3. The van der Waals surface area contributed by atoms with Crippen molar-refractivity contribution in [1.82, 2.24) is 10.2 Å². The van der Waals surface area contributed by atoms with Gasteiger partial charge in [-0.05, 0) is 17.7 Å². The van der Waals surface area contributed by atoms with Crippen molar-refractivity contribution in [3.63, 3.8) is 0 Å². The average Bonchev–Trinajstić information content (AvgIpc) is 3.21. The number of nitrogens with one attached hydrogen (secondary N) is 1. The number of urea groups is 1. The van der Waals surface area contributed by atoms with Crippen molar-refractivity contribution in [1.29, 1.82) is 0 Å². The van der Waals surface area contributed by atoms with Gasteiger partial charge in [-0.15, -0.1) is 0 Å². The van der Waals surface area contributed by atoms with Crippen LogP contribution in [-0.2, 0) is 11.3 Å². The Morgan fingerprint density at radius 1 is 1.15 bits per heavy atom. The highest BCUT2D eigenvalue weighted by molar-refractivity contribution is 6.14. The van der Waals surface area contributed by atoms with E-state index >= 15 is 0 Å². The minimum absolute atomic E-state index is 0.138. The van der Waals surface area contributed by atoms with Gasteiger partial charge in [-0.1, -0.05) is 30.3 Å². The van der Waals surface area contributed by atoms with Gasteiger partial charge < -0.3 is 19.5 Å². The molecule has 0 aromatic heterocycles. The molecule has 0 unspecified atom stereocenters. The summed E-state index contributed by atoms with van der Waals surface area (Å²) in [5.74, 6) is 1.27. The van der Waals surface area contributed by atoms with Gasteiger partial charge in [0.25, 0.3) is 5.91 Å². The quantitative estimate of drug-likeness (QED) is 0.676. The molecule has 0 atom stereocenters. The minimum Gasteiger partial charge on any atom is -0.496 e. The number of benzene rings is 2. The summed E-state index contributed by atoms with van der Waals surface area (Å²) < 4.78 is 16.0. The second-order valence-electron chi connectivity index (χ2n) is 5.81. The summed E-state index contributed by atoms with van der Waals surface area (Å²) in [7, 11) is 1.52. The highest BCUT2D eigenvalue weighted by Gasteiger charge is 2.33. The lowest BCUT2D eigenvalue weighted by atomic mass is 10.1. The van der Waals surface area contributed by atoms with Gasteiger partial charge in [0.05, 0.1) is 13.7 Å². The Bertz CT molecular complexity index is 908. The molecule has 7 nitrogen and oxygen atoms in total. The fraction of sp³-hybridized carbons (Fsp3) is 0.158. The van der Waals surface area contributed by atoms with E-state index in [1.807, 2.05) is 30.3 Å². The Hall–Kier alpha value is -3.48. The topological polar surface area (TPSA) is 77.1 Å². The lowest BCUT2D eigenvalue weighted by molar-refractivity contribution is -0.123. The summed E-state index contributed by atoms with van der Waals surface area (Å²) in [4.78, 5) is 26.0. The first kappa shape index (κ1) is 16.0. The zero-order chi connectivity index (χ0) is 18.1. The van der Waals surface area contributed by atoms with Crippen LogP contribution < -0.4 is 19.5 Å². The zero-order valence-electron chi connectivity index (χ0n) is 14.0. The molecule has 0 saturated carbocycles. The maximum atomic E-state index is 12.6. The molecular formula is C19H16N2O5. The predicted octanol–water partition coefficient (Wildman–Crippen LogP) is 2.52. The van der Waals surface area contributed by atoms with Crippen molar-refractivity contribution in [3.05, 3.63) is 59.3 Å². The van der Waals surface area contributed by atoms with Crippen LogP contribution in [-0.4, -0.2) is 30.7 Å². The van der Waals surface area contributed by atoms with Crippen molar-refractivity contribution >= 4 is 18.0 Å². The SMILES string of the molecule is COc1cc2c(cc1C=C1NC(=O)N(Cc3ccccc3)C1=O)OCO2. The number of rotatable bonds is 4. The normalized spacial score (nSPS) is 17.0. The Morgan fingerprint density at radius 3 is 2.62 bits per heavy atom. The van der Waals surface area contributed by atoms with Gasteiger partial charge in [-0.3, -0.25) is 9.69 Å². The lowest BCUT2D eigenvalue weighted by Crippen LogP contribution is -2.30. The van der Waals surface area contributed by atoms with Gasteiger partial charge in [-0.2, -0.15) is 0 Å². The van der Waals surface area contributed by atoms with Crippen LogP contribution in [0.4, 0.5) is 4.79 Å². The van der Waals surface area contributed by atoms with Gasteiger partial charge in [-0.25, -0.2) is 4.79 Å². The second-order valence-corrected chi connectivity index (χ2v) is 5.81. The van der Waals surface area contributed by atoms with Crippen LogP contribution in [0.5, 0.6) is 17.2 Å². The van der Waals surface area contributed by atoms with Crippen molar-refractivity contribution in [2.24, 2.45) is 0 Å². The smallest absolute Gasteiger partial charge is 0.329 e. The third-order valence-electron chi connectivity index (χ3n) is 4.17. The maximum Gasteiger partial charge on any atom is 0.329 e. The molecule has 0 radical (unpaired) electrons. The van der Waals surface area contributed by atoms with Gasteiger partial charge in [0, 0.05) is 11.6 Å². The number of ether oxygens (including phenoxy) is 3. The molecule has 2 aliphatic heterocycles. The van der Waals surface area contributed by atoms with Gasteiger partial charge in [0.15, 0.2) is 11.5 Å². The third-order valence-corrected chi connectivity index (χ3v) is 4.17. The van der Waals surface area contributed by atoms with E-state index in [4.69, 9.17) is 14.2 Å². The number of hydrogen-bond donors (Lipinski definition) is 1. The Kier molecular flexibility index (Phi) is 3.96. The standard InChI is InChI=1S/C19H16N2O5/c1-24-15-9-17-16(25-11-26-17)8-13(15)7-14-18(22)21(19(23)20-14)10-12-5-3-2-4-6-12/h2-9H,10-11H2,1H3,(H,20,23). The fourth-order valence-corrected chi connectivity index (χ4v) is 2.87. The second kappa shape index (κ2) is 6.44. The van der Waals surface area contributed by atoms with E-state index in [0.29, 0.717) is 22.8 Å². The molecule has 3 amide bonds. The van der Waals surface area contributed by atoms with E-state index < -0.39 is 11.9 Å². The van der Waals surface area contributed by atoms with Crippen LogP contribution in [0.1, 0.15) is 11.1 Å². The zero-order valence-corrected chi connectivity index (χ0v) is 14.0. The van der Waals surface area contributed by atoms with Gasteiger partial charge >= 0.3 is 6.03 Å². The summed E-state index contributed by atoms with van der Waals surface area (Å²) >= 11 is 0. The first-order valence-electron chi connectivity index (χ1n) is 8.02. The van der Waals surface area contributed by atoms with Gasteiger partial charge in [0.2, 0.25) is 6.79 Å². The Balaban J connectivity index is 1.62. The van der Waals surface area contributed by atoms with E-state index in [2.05, 4.69) is 5.32 Å². The largest absolute Gasteiger partial charge is 0.496 e. The van der Waals surface area contributed by atoms with E-state index in [0.717, 1.165) is 5.56 Å². The molecule has 7 heteroatoms. The molecule has 0 aliphatic carbocycles. The minimum atomic E-state index is -0.454. The van der Waals surface area contributed by atoms with Crippen molar-refractivity contribution < 1.29 is 23.8 Å². The monoisotopic (exact) mass is 352 g/mol. The molecule has 4 rings (SSSR count). The number of carbonyl (C=O) groups is 2. The number of hydrogen-bond acceptors (Lipinski definition) is 5. The predicted molar refractivity (Wildman–Crippen MR) is 92.6 cm³/mol. The van der Waals surface area contributed by atoms with Crippen molar-refractivity contribution in [2.45, 2.75) is 6.54 Å². The van der Waals surface area contributed by atoms with Crippen molar-refractivity contribution in [3.8, 4) is 17.2 Å². The molecule has 1 saturated heterocycles. The molecule has 26 heavy (non-hydrogen) atoms. The summed E-state index contributed by atoms with van der Waals surface area (Å²) in [6.07, 6.45) is 1.58. The number of carbonyl (C=O) groups excluding carboxylic acids is 2. The number of methoxy groups -OCH3 is 1. The third kappa shape index (κ3) is 2.83. The number of amides is 3. The number of nitrogens with zero attached hydrogens (tertiary/aromatic N) is 1. The Labute approximate surface area is 149 Å². The first-order chi connectivity index (χ1) is 12.7. The van der Waals surface area contributed by atoms with Crippen LogP contribution in [0.15, 0.2) is 48.2 Å². The molecule has 2 aliphatic rings. The molecule has 1 fully saturated rings. The summed E-state index contributed by atoms with van der Waals surface area (Å²) in [5, 5.41) is 2.61. The molecule has 2 heterocycles. The van der Waals surface area contributed by atoms with Crippen LogP contribution in [0.2, 0.25) is 0 Å². The van der Waals surface area contributed by atoms with E-state index in [-0.39, 0.29) is 19.0 Å². The maximum absolute atomic E-state index is 12.6. The summed E-state index contributed by atoms with van der Waals surface area (Å²) in [6.45, 7) is 0.347. The molecule has 0 bridgehead atoms. The van der Waals surface area contributed by atoms with Crippen LogP contribution in [0.3, 0.4) is 0 Å². The van der Waals surface area contributed by atoms with E-state index in [9.17, 15) is 9.59 Å². The molecule has 1 N–H and O–H groups in total. The number of fused-ring (bicyclic) bond motifs is 1. The van der Waals surface area contributed by atoms with Gasteiger partial charge in [0.1, 0.15) is 11.4 Å². The highest BCUT2D eigenvalue weighted by atomic mass is 16.7. The molecular weight excluding hydrogens is 336 g/mol. The fourth-order valence-electron chi connectivity index (χ4n) is 2.87. The molecule has 2 aromatic carbocycles. The number of imide groups is 1. The van der Waals surface area contributed by atoms with Crippen molar-refractivity contribution in [2.75, 3.05) is 13.9 Å². The molecule has 2 aromatic rings. The lowest BCUT2D eigenvalue weighted by Gasteiger charge is -2.11. The van der Waals surface area contributed by atoms with Crippen LogP contribution in [0.25, 0.3) is 6.08 Å². The first-order valence-corrected chi connectivity index (χ1v) is 8.02. The highest BCUT2D eigenvalue weighted by Crippen LogP contribution is 2.39. The van der Waals surface area contributed by atoms with E-state index in [1.54, 1.807) is 18.2 Å². The Morgan fingerprint density at radius 2 is 1.88 bits per heavy atom. The molecule has 0 spiro atoms. The average molecular weight is 352 g/mol. The van der Waals surface area contributed by atoms with Crippen LogP contribution >= 0.6 is 0 Å². The van der Waals surface area contributed by atoms with E-state index in [1.165, 1.54) is 12.0 Å². The molecule has 132 valence electrons. The summed E-state index contributed by atoms with van der Waals surface area (Å²) in [5.41, 5.74) is 1.67.